The first-order valence-corrected chi connectivity index (χ1v) is 16.8. The molecule has 0 saturated carbocycles. The van der Waals surface area contributed by atoms with Crippen LogP contribution in [0.1, 0.15) is 33.4 Å². The predicted molar refractivity (Wildman–Crippen MR) is 202 cm³/mol. The quantitative estimate of drug-likeness (QED) is 0.196. The molecule has 0 bridgehead atoms. The predicted octanol–water partition coefficient (Wildman–Crippen LogP) is 11.5. The van der Waals surface area contributed by atoms with Crippen molar-refractivity contribution in [3.63, 3.8) is 0 Å². The average Bonchev–Trinajstić information content (AvgIpc) is 3.40. The van der Waals surface area contributed by atoms with E-state index in [0.717, 1.165) is 28.1 Å². The topological polar surface area (TPSA) is 25.8 Å². The molecule has 0 aliphatic heterocycles. The van der Waals surface area contributed by atoms with Crippen molar-refractivity contribution in [2.24, 2.45) is 0 Å². The zero-order valence-corrected chi connectivity index (χ0v) is 26.7. The SMILES string of the molecule is C1=Cc2ccc(-c3nc(-c4ccccc4)cc(-c4ccccc4)n3)cc2C2(c3ccccc31)c1ccccc1-c1c2ccc2ccccc12. The Morgan fingerprint density at radius 1 is 0.388 bits per heavy atom. The van der Waals surface area contributed by atoms with Gasteiger partial charge in [0.15, 0.2) is 5.82 Å². The minimum atomic E-state index is -0.541. The van der Waals surface area contributed by atoms with E-state index in [0.29, 0.717) is 5.82 Å². The summed E-state index contributed by atoms with van der Waals surface area (Å²) in [4.78, 5) is 10.5. The van der Waals surface area contributed by atoms with Gasteiger partial charge >= 0.3 is 0 Å². The molecule has 0 radical (unpaired) electrons. The second kappa shape index (κ2) is 10.8. The van der Waals surface area contributed by atoms with Crippen molar-refractivity contribution in [2.75, 3.05) is 0 Å². The van der Waals surface area contributed by atoms with E-state index < -0.39 is 5.41 Å². The third-order valence-electron chi connectivity index (χ3n) is 10.3. The first-order chi connectivity index (χ1) is 24.3. The van der Waals surface area contributed by atoms with Gasteiger partial charge in [-0.1, -0.05) is 170 Å². The third-order valence-corrected chi connectivity index (χ3v) is 10.3. The summed E-state index contributed by atoms with van der Waals surface area (Å²) in [7, 11) is 0. The fourth-order valence-electron chi connectivity index (χ4n) is 8.19. The van der Waals surface area contributed by atoms with E-state index in [-0.39, 0.29) is 0 Å². The Bertz CT molecular complexity index is 2540. The maximum absolute atomic E-state index is 5.23. The summed E-state index contributed by atoms with van der Waals surface area (Å²) in [6.07, 6.45) is 4.56. The summed E-state index contributed by atoms with van der Waals surface area (Å²) in [6, 6.07) is 61.1. The Balaban J connectivity index is 1.29. The fraction of sp³-hybridized carbons (Fsp3) is 0.0213. The van der Waals surface area contributed by atoms with Gasteiger partial charge in [0.1, 0.15) is 0 Å². The molecule has 1 spiro atoms. The molecule has 0 amide bonds. The van der Waals surface area contributed by atoms with Gasteiger partial charge in [0, 0.05) is 16.7 Å². The van der Waals surface area contributed by atoms with Gasteiger partial charge in [-0.15, -0.1) is 0 Å². The van der Waals surface area contributed by atoms with Crippen molar-refractivity contribution >= 4 is 22.9 Å². The molecular formula is C47H30N2. The summed E-state index contributed by atoms with van der Waals surface area (Å²) in [5.41, 5.74) is 14.6. The van der Waals surface area contributed by atoms with Crippen LogP contribution in [0.2, 0.25) is 0 Å². The summed E-state index contributed by atoms with van der Waals surface area (Å²) >= 11 is 0. The van der Waals surface area contributed by atoms with Gasteiger partial charge in [-0.25, -0.2) is 9.97 Å². The van der Waals surface area contributed by atoms with Gasteiger partial charge in [-0.2, -0.15) is 0 Å². The van der Waals surface area contributed by atoms with Gasteiger partial charge in [0.2, 0.25) is 0 Å². The third kappa shape index (κ3) is 4.14. The van der Waals surface area contributed by atoms with Crippen LogP contribution in [0.15, 0.2) is 170 Å². The molecule has 2 heteroatoms. The molecular weight excluding hydrogens is 593 g/mol. The molecule has 2 nitrogen and oxygen atoms in total. The van der Waals surface area contributed by atoms with Gasteiger partial charge in [-0.3, -0.25) is 0 Å². The highest BCUT2D eigenvalue weighted by Crippen LogP contribution is 2.60. The number of nitrogens with zero attached hydrogens (tertiary/aromatic N) is 2. The highest BCUT2D eigenvalue weighted by molar-refractivity contribution is 6.05. The first-order valence-electron chi connectivity index (χ1n) is 16.8. The Morgan fingerprint density at radius 3 is 1.76 bits per heavy atom. The van der Waals surface area contributed by atoms with Crippen molar-refractivity contribution < 1.29 is 0 Å². The molecule has 7 aromatic carbocycles. The van der Waals surface area contributed by atoms with Crippen LogP contribution >= 0.6 is 0 Å². The molecule has 2 aliphatic rings. The van der Waals surface area contributed by atoms with E-state index >= 15 is 0 Å². The van der Waals surface area contributed by atoms with Gasteiger partial charge in [0.25, 0.3) is 0 Å². The summed E-state index contributed by atoms with van der Waals surface area (Å²) in [5.74, 6) is 0.713. The number of aromatic nitrogens is 2. The Hall–Kier alpha value is -6.38. The lowest BCUT2D eigenvalue weighted by molar-refractivity contribution is 0.767. The highest BCUT2D eigenvalue weighted by atomic mass is 14.9. The standard InChI is InChI=1S/C47H30N2/c1-3-15-34(16-4-1)43-30-44(35-17-5-2-6-18-35)49-46(48-43)36-26-25-33-24-23-32-14-8-11-21-39(32)47(42(33)29-36)40-22-12-10-20-38(40)45-37-19-9-7-13-31(37)27-28-41(45)47/h1-30H. The number of hydrogen-bond acceptors (Lipinski definition) is 2. The van der Waals surface area contributed by atoms with Crippen LogP contribution in [-0.4, -0.2) is 9.97 Å². The second-order valence-electron chi connectivity index (χ2n) is 12.9. The van der Waals surface area contributed by atoms with Crippen LogP contribution in [0, 0.1) is 0 Å². The lowest BCUT2D eigenvalue weighted by Gasteiger charge is -2.35. The van der Waals surface area contributed by atoms with Crippen LogP contribution in [0.3, 0.4) is 0 Å². The largest absolute Gasteiger partial charge is 0.228 e. The van der Waals surface area contributed by atoms with Crippen molar-refractivity contribution in [3.05, 3.63) is 203 Å². The van der Waals surface area contributed by atoms with Crippen LogP contribution in [0.5, 0.6) is 0 Å². The van der Waals surface area contributed by atoms with Gasteiger partial charge < -0.3 is 0 Å². The van der Waals surface area contributed by atoms with Gasteiger partial charge in [-0.05, 0) is 67.4 Å². The number of rotatable bonds is 3. The number of fused-ring (bicyclic) bond motifs is 11. The molecule has 49 heavy (non-hydrogen) atoms. The molecule has 8 aromatic rings. The minimum absolute atomic E-state index is 0.541. The van der Waals surface area contributed by atoms with Crippen molar-refractivity contribution in [1.29, 1.82) is 0 Å². The summed E-state index contributed by atoms with van der Waals surface area (Å²) in [6.45, 7) is 0. The van der Waals surface area contributed by atoms with Crippen molar-refractivity contribution in [1.82, 2.24) is 9.97 Å². The van der Waals surface area contributed by atoms with Crippen LogP contribution in [-0.2, 0) is 5.41 Å². The van der Waals surface area contributed by atoms with Crippen LogP contribution in [0.4, 0.5) is 0 Å². The lowest BCUT2D eigenvalue weighted by atomic mass is 9.65. The normalized spacial score (nSPS) is 15.3. The molecule has 0 saturated heterocycles. The van der Waals surface area contributed by atoms with E-state index in [2.05, 4.69) is 170 Å². The van der Waals surface area contributed by atoms with Crippen molar-refractivity contribution in [3.8, 4) is 45.0 Å². The smallest absolute Gasteiger partial charge is 0.160 e. The lowest BCUT2D eigenvalue weighted by Crippen LogP contribution is -2.30. The molecule has 228 valence electrons. The van der Waals surface area contributed by atoms with Crippen molar-refractivity contribution in [2.45, 2.75) is 5.41 Å². The molecule has 0 N–H and O–H groups in total. The average molecular weight is 623 g/mol. The maximum Gasteiger partial charge on any atom is 0.160 e. The van der Waals surface area contributed by atoms with Crippen LogP contribution in [0.25, 0.3) is 68.0 Å². The maximum atomic E-state index is 5.23. The molecule has 1 atom stereocenters. The number of hydrogen-bond donors (Lipinski definition) is 0. The van der Waals surface area contributed by atoms with E-state index in [1.54, 1.807) is 0 Å². The van der Waals surface area contributed by atoms with E-state index in [4.69, 9.17) is 9.97 Å². The monoisotopic (exact) mass is 622 g/mol. The molecule has 1 aromatic heterocycles. The van der Waals surface area contributed by atoms with E-state index in [9.17, 15) is 0 Å². The molecule has 1 unspecified atom stereocenters. The first kappa shape index (κ1) is 27.7. The zero-order valence-electron chi connectivity index (χ0n) is 26.7. The molecule has 2 aliphatic carbocycles. The van der Waals surface area contributed by atoms with E-state index in [1.807, 2.05) is 12.1 Å². The second-order valence-corrected chi connectivity index (χ2v) is 12.9. The summed E-state index contributed by atoms with van der Waals surface area (Å²) in [5, 5.41) is 2.53. The highest BCUT2D eigenvalue weighted by Gasteiger charge is 2.49. The minimum Gasteiger partial charge on any atom is -0.228 e. The fourth-order valence-corrected chi connectivity index (χ4v) is 8.19. The van der Waals surface area contributed by atoms with Crippen LogP contribution < -0.4 is 0 Å². The molecule has 1 heterocycles. The summed E-state index contributed by atoms with van der Waals surface area (Å²) < 4.78 is 0. The van der Waals surface area contributed by atoms with E-state index in [1.165, 1.54) is 55.3 Å². The van der Waals surface area contributed by atoms with Gasteiger partial charge in [0.05, 0.1) is 16.8 Å². The Labute approximate surface area is 285 Å². The molecule has 10 rings (SSSR count). The molecule has 0 fully saturated rings. The Morgan fingerprint density at radius 2 is 1.00 bits per heavy atom. The number of benzene rings is 7. The Kier molecular flexibility index (Phi) is 6.13. The zero-order chi connectivity index (χ0) is 32.4.